The molecule has 1 aromatic rings. The molecule has 1 N–H and O–H groups in total. The van der Waals surface area contributed by atoms with E-state index in [0.29, 0.717) is 0 Å². The number of amides is 1. The molecule has 5 nitrogen and oxygen atoms in total. The van der Waals surface area contributed by atoms with Gasteiger partial charge in [0.15, 0.2) is 0 Å². The maximum absolute atomic E-state index is 11.5. The molecule has 0 bridgehead atoms. The van der Waals surface area contributed by atoms with Crippen LogP contribution in [0.15, 0.2) is 24.5 Å². The summed E-state index contributed by atoms with van der Waals surface area (Å²) in [7, 11) is 1.25. The quantitative estimate of drug-likeness (QED) is 0.763. The highest BCUT2D eigenvalue weighted by Crippen LogP contribution is 1.94. The molecule has 0 aliphatic rings. The second-order valence-electron chi connectivity index (χ2n) is 2.79. The zero-order valence-corrected chi connectivity index (χ0v) is 8.06. The molecular formula is C9H12N2O3. The standard InChI is InChI=1S/C9H12N2O3/c1-7(10-9(13)14-2)8(12)11-5-3-4-6-11/h3-7H,1-2H3,(H,10,13). The van der Waals surface area contributed by atoms with Gasteiger partial charge in [-0.05, 0) is 19.1 Å². The van der Waals surface area contributed by atoms with Crippen LogP contribution >= 0.6 is 0 Å². The third-order valence-corrected chi connectivity index (χ3v) is 1.75. The molecule has 1 atom stereocenters. The van der Waals surface area contributed by atoms with Gasteiger partial charge in [0.05, 0.1) is 7.11 Å². The minimum Gasteiger partial charge on any atom is -0.453 e. The molecule has 1 unspecified atom stereocenters. The van der Waals surface area contributed by atoms with Gasteiger partial charge in [-0.25, -0.2) is 4.79 Å². The number of rotatable bonds is 2. The molecule has 76 valence electrons. The molecule has 0 aliphatic carbocycles. The Morgan fingerprint density at radius 3 is 2.43 bits per heavy atom. The second-order valence-corrected chi connectivity index (χ2v) is 2.79. The Hall–Kier alpha value is -1.78. The third-order valence-electron chi connectivity index (χ3n) is 1.75. The van der Waals surface area contributed by atoms with E-state index in [2.05, 4.69) is 10.1 Å². The number of carbonyl (C=O) groups is 2. The molecule has 1 heterocycles. The Balaban J connectivity index is 2.58. The molecule has 0 aliphatic heterocycles. The van der Waals surface area contributed by atoms with E-state index in [1.807, 2.05) is 0 Å². The van der Waals surface area contributed by atoms with Crippen LogP contribution in [0.5, 0.6) is 0 Å². The number of methoxy groups -OCH3 is 1. The van der Waals surface area contributed by atoms with Gasteiger partial charge in [-0.3, -0.25) is 9.36 Å². The number of nitrogens with zero attached hydrogens (tertiary/aromatic N) is 1. The van der Waals surface area contributed by atoms with Crippen LogP contribution in [-0.4, -0.2) is 29.7 Å². The third kappa shape index (κ3) is 2.35. The maximum Gasteiger partial charge on any atom is 0.407 e. The van der Waals surface area contributed by atoms with Crippen molar-refractivity contribution in [1.29, 1.82) is 0 Å². The number of hydrogen-bond acceptors (Lipinski definition) is 3. The minimum absolute atomic E-state index is 0.208. The molecule has 5 heteroatoms. The van der Waals surface area contributed by atoms with E-state index in [1.54, 1.807) is 31.5 Å². The molecule has 0 saturated carbocycles. The van der Waals surface area contributed by atoms with Crippen LogP contribution in [0.4, 0.5) is 4.79 Å². The van der Waals surface area contributed by atoms with Crippen LogP contribution in [0, 0.1) is 0 Å². The first-order chi connectivity index (χ1) is 6.65. The Bertz CT molecular complexity index is 319. The highest BCUT2D eigenvalue weighted by molar-refractivity contribution is 5.87. The predicted molar refractivity (Wildman–Crippen MR) is 50.1 cm³/mol. The Morgan fingerprint density at radius 1 is 1.36 bits per heavy atom. The lowest BCUT2D eigenvalue weighted by atomic mass is 10.3. The number of alkyl carbamates (subject to hydrolysis) is 1. The first kappa shape index (κ1) is 10.3. The first-order valence-electron chi connectivity index (χ1n) is 4.17. The normalized spacial score (nSPS) is 11.9. The average molecular weight is 196 g/mol. The fourth-order valence-electron chi connectivity index (χ4n) is 1.00. The molecule has 1 amide bonds. The highest BCUT2D eigenvalue weighted by atomic mass is 16.5. The van der Waals surface area contributed by atoms with E-state index >= 15 is 0 Å². The van der Waals surface area contributed by atoms with Crippen LogP contribution in [-0.2, 0) is 4.74 Å². The number of aromatic nitrogens is 1. The summed E-state index contributed by atoms with van der Waals surface area (Å²) in [5.41, 5.74) is 0. The Morgan fingerprint density at radius 2 is 1.93 bits per heavy atom. The first-order valence-corrected chi connectivity index (χ1v) is 4.17. The van der Waals surface area contributed by atoms with Gasteiger partial charge in [-0.2, -0.15) is 0 Å². The van der Waals surface area contributed by atoms with Gasteiger partial charge in [0.2, 0.25) is 0 Å². The topological polar surface area (TPSA) is 60.3 Å². The van der Waals surface area contributed by atoms with Crippen LogP contribution in [0.25, 0.3) is 0 Å². The molecule has 0 fully saturated rings. The van der Waals surface area contributed by atoms with E-state index in [-0.39, 0.29) is 5.91 Å². The van der Waals surface area contributed by atoms with E-state index < -0.39 is 12.1 Å². The molecule has 0 aromatic carbocycles. The highest BCUT2D eigenvalue weighted by Gasteiger charge is 2.16. The summed E-state index contributed by atoms with van der Waals surface area (Å²) in [6, 6.07) is 2.88. The van der Waals surface area contributed by atoms with Crippen molar-refractivity contribution in [2.45, 2.75) is 13.0 Å². The summed E-state index contributed by atoms with van der Waals surface area (Å²) in [6.07, 6.45) is 2.63. The molecule has 0 radical (unpaired) electrons. The monoisotopic (exact) mass is 196 g/mol. The van der Waals surface area contributed by atoms with Gasteiger partial charge in [0, 0.05) is 12.4 Å². The van der Waals surface area contributed by atoms with Crippen molar-refractivity contribution in [2.75, 3.05) is 7.11 Å². The summed E-state index contributed by atoms with van der Waals surface area (Å²) in [5, 5.41) is 2.39. The van der Waals surface area contributed by atoms with Gasteiger partial charge < -0.3 is 10.1 Å². The molecule has 1 rings (SSSR count). The predicted octanol–water partition coefficient (Wildman–Crippen LogP) is 0.873. The summed E-state index contributed by atoms with van der Waals surface area (Å²) in [5.74, 6) is -0.208. The molecule has 0 spiro atoms. The van der Waals surface area contributed by atoms with Crippen LogP contribution in [0.3, 0.4) is 0 Å². The summed E-state index contributed by atoms with van der Waals surface area (Å²) in [4.78, 5) is 22.4. The number of hydrogen-bond donors (Lipinski definition) is 1. The number of ether oxygens (including phenoxy) is 1. The zero-order chi connectivity index (χ0) is 10.6. The van der Waals surface area contributed by atoms with E-state index in [0.717, 1.165) is 0 Å². The Kier molecular flexibility index (Phi) is 3.28. The average Bonchev–Trinajstić information content (AvgIpc) is 2.69. The molecule has 0 saturated heterocycles. The van der Waals surface area contributed by atoms with E-state index in [4.69, 9.17) is 0 Å². The van der Waals surface area contributed by atoms with Crippen molar-refractivity contribution in [3.05, 3.63) is 24.5 Å². The van der Waals surface area contributed by atoms with Gasteiger partial charge in [-0.15, -0.1) is 0 Å². The van der Waals surface area contributed by atoms with Crippen molar-refractivity contribution in [3.63, 3.8) is 0 Å². The van der Waals surface area contributed by atoms with Crippen LogP contribution in [0.2, 0.25) is 0 Å². The molecular weight excluding hydrogens is 184 g/mol. The smallest absolute Gasteiger partial charge is 0.407 e. The fourth-order valence-corrected chi connectivity index (χ4v) is 1.00. The maximum atomic E-state index is 11.5. The lowest BCUT2D eigenvalue weighted by Gasteiger charge is -2.11. The van der Waals surface area contributed by atoms with Gasteiger partial charge in [0.25, 0.3) is 5.91 Å². The van der Waals surface area contributed by atoms with Gasteiger partial charge in [-0.1, -0.05) is 0 Å². The Labute approximate surface area is 81.7 Å². The second kappa shape index (κ2) is 4.45. The molecule has 1 aromatic heterocycles. The molecule has 14 heavy (non-hydrogen) atoms. The largest absolute Gasteiger partial charge is 0.453 e. The van der Waals surface area contributed by atoms with E-state index in [1.165, 1.54) is 11.7 Å². The number of nitrogens with one attached hydrogen (secondary N) is 1. The fraction of sp³-hybridized carbons (Fsp3) is 0.333. The summed E-state index contributed by atoms with van der Waals surface area (Å²) >= 11 is 0. The van der Waals surface area contributed by atoms with Crippen molar-refractivity contribution >= 4 is 12.0 Å². The zero-order valence-electron chi connectivity index (χ0n) is 8.06. The van der Waals surface area contributed by atoms with Crippen LogP contribution in [0.1, 0.15) is 11.7 Å². The summed E-state index contributed by atoms with van der Waals surface area (Å²) in [6.45, 7) is 1.60. The van der Waals surface area contributed by atoms with E-state index in [9.17, 15) is 9.59 Å². The van der Waals surface area contributed by atoms with Crippen molar-refractivity contribution in [2.24, 2.45) is 0 Å². The minimum atomic E-state index is -0.613. The summed E-state index contributed by atoms with van der Waals surface area (Å²) < 4.78 is 5.78. The lowest BCUT2D eigenvalue weighted by Crippen LogP contribution is -2.40. The van der Waals surface area contributed by atoms with Crippen molar-refractivity contribution < 1.29 is 14.3 Å². The van der Waals surface area contributed by atoms with Crippen molar-refractivity contribution in [1.82, 2.24) is 9.88 Å². The van der Waals surface area contributed by atoms with Crippen molar-refractivity contribution in [3.8, 4) is 0 Å². The number of carbonyl (C=O) groups excluding carboxylic acids is 2. The lowest BCUT2D eigenvalue weighted by molar-refractivity contribution is 0.0859. The SMILES string of the molecule is COC(=O)NC(C)C(=O)n1cccc1. The van der Waals surface area contributed by atoms with Gasteiger partial charge >= 0.3 is 6.09 Å². The van der Waals surface area contributed by atoms with Crippen LogP contribution < -0.4 is 5.32 Å². The van der Waals surface area contributed by atoms with Gasteiger partial charge in [0.1, 0.15) is 6.04 Å².